The molecule has 1 aromatic carbocycles. The number of Topliss-reactive ketones (excluding diaryl/α,β-unsaturated/α-hetero) is 1. The molecule has 88 valence electrons. The highest BCUT2D eigenvalue weighted by molar-refractivity contribution is 9.10. The Kier molecular flexibility index (Phi) is 4.21. The normalized spacial score (nSPS) is 11.6. The van der Waals surface area contributed by atoms with Gasteiger partial charge in [-0.05, 0) is 31.5 Å². The Morgan fingerprint density at radius 1 is 1.50 bits per heavy atom. The van der Waals surface area contributed by atoms with E-state index in [1.807, 2.05) is 13.8 Å². The molecule has 0 aliphatic rings. The van der Waals surface area contributed by atoms with Gasteiger partial charge in [0.1, 0.15) is 11.6 Å². The maximum atomic E-state index is 12.8. The highest BCUT2D eigenvalue weighted by atomic mass is 79.9. The van der Waals surface area contributed by atoms with Crippen LogP contribution < -0.4 is 5.73 Å². The minimum absolute atomic E-state index is 0.0554. The zero-order valence-electron chi connectivity index (χ0n) is 9.39. The van der Waals surface area contributed by atoms with Crippen LogP contribution in [-0.2, 0) is 11.2 Å². The molecule has 0 fully saturated rings. The van der Waals surface area contributed by atoms with Crippen LogP contribution >= 0.6 is 15.9 Å². The van der Waals surface area contributed by atoms with Crippen molar-refractivity contribution in [3.63, 3.8) is 0 Å². The second kappa shape index (κ2) is 5.06. The van der Waals surface area contributed by atoms with E-state index in [9.17, 15) is 9.18 Å². The molecule has 2 nitrogen and oxygen atoms in total. The third-order valence-electron chi connectivity index (χ3n) is 2.06. The lowest BCUT2D eigenvalue weighted by molar-refractivity contribution is -0.119. The van der Waals surface area contributed by atoms with Crippen LogP contribution in [0.2, 0.25) is 0 Å². The van der Waals surface area contributed by atoms with E-state index in [4.69, 9.17) is 5.73 Å². The second-order valence-electron chi connectivity index (χ2n) is 4.62. The molecule has 0 aliphatic heterocycles. The van der Waals surface area contributed by atoms with Crippen LogP contribution in [0.15, 0.2) is 22.7 Å². The topological polar surface area (TPSA) is 43.1 Å². The lowest BCUT2D eigenvalue weighted by Gasteiger charge is -2.17. The third-order valence-corrected chi connectivity index (χ3v) is 2.79. The number of hydrogen-bond donors (Lipinski definition) is 1. The first-order valence-electron chi connectivity index (χ1n) is 5.02. The molecule has 2 N–H and O–H groups in total. The van der Waals surface area contributed by atoms with Gasteiger partial charge in [0.2, 0.25) is 0 Å². The van der Waals surface area contributed by atoms with Crippen LogP contribution in [0.3, 0.4) is 0 Å². The van der Waals surface area contributed by atoms with Crippen LogP contribution in [0.1, 0.15) is 25.8 Å². The Bertz CT molecular complexity index is 398. The molecule has 0 bridgehead atoms. The first-order valence-corrected chi connectivity index (χ1v) is 5.82. The highest BCUT2D eigenvalue weighted by Crippen LogP contribution is 2.19. The van der Waals surface area contributed by atoms with Crippen molar-refractivity contribution < 1.29 is 9.18 Å². The smallest absolute Gasteiger partial charge is 0.139 e. The number of rotatable bonds is 4. The summed E-state index contributed by atoms with van der Waals surface area (Å²) in [6.45, 7) is 3.62. The first-order chi connectivity index (χ1) is 7.28. The van der Waals surface area contributed by atoms with Gasteiger partial charge in [-0.2, -0.15) is 0 Å². The zero-order chi connectivity index (χ0) is 12.3. The third kappa shape index (κ3) is 4.41. The van der Waals surface area contributed by atoms with E-state index in [1.165, 1.54) is 12.1 Å². The monoisotopic (exact) mass is 287 g/mol. The molecule has 0 spiro atoms. The predicted octanol–water partition coefficient (Wildman–Crippen LogP) is 2.83. The SMILES string of the molecule is CC(C)(N)CC(=O)Cc1ccc(F)cc1Br. The van der Waals surface area contributed by atoms with Crippen LogP contribution in [0.5, 0.6) is 0 Å². The number of ketones is 1. The van der Waals surface area contributed by atoms with Gasteiger partial charge in [0.15, 0.2) is 0 Å². The van der Waals surface area contributed by atoms with Crippen LogP contribution in [0, 0.1) is 5.82 Å². The van der Waals surface area contributed by atoms with E-state index in [0.29, 0.717) is 10.9 Å². The van der Waals surface area contributed by atoms with Crippen molar-refractivity contribution in [2.45, 2.75) is 32.2 Å². The lowest BCUT2D eigenvalue weighted by atomic mass is 9.96. The molecule has 0 aliphatic carbocycles. The van der Waals surface area contributed by atoms with E-state index in [-0.39, 0.29) is 18.0 Å². The van der Waals surface area contributed by atoms with Gasteiger partial charge >= 0.3 is 0 Å². The molecule has 16 heavy (non-hydrogen) atoms. The summed E-state index contributed by atoms with van der Waals surface area (Å²) in [4.78, 5) is 11.7. The average molecular weight is 288 g/mol. The molecule has 4 heteroatoms. The number of carbonyl (C=O) groups is 1. The molecule has 0 amide bonds. The van der Waals surface area contributed by atoms with Crippen molar-refractivity contribution in [2.24, 2.45) is 5.73 Å². The Balaban J connectivity index is 2.70. The molecule has 1 aromatic rings. The summed E-state index contributed by atoms with van der Waals surface area (Å²) in [5, 5.41) is 0. The van der Waals surface area contributed by atoms with Gasteiger partial charge in [-0.15, -0.1) is 0 Å². The number of nitrogens with two attached hydrogens (primary N) is 1. The highest BCUT2D eigenvalue weighted by Gasteiger charge is 2.17. The molecule has 0 saturated carbocycles. The quantitative estimate of drug-likeness (QED) is 0.925. The predicted molar refractivity (Wildman–Crippen MR) is 65.7 cm³/mol. The van der Waals surface area contributed by atoms with E-state index >= 15 is 0 Å². The molecular formula is C12H15BrFNO. The summed E-state index contributed by atoms with van der Waals surface area (Å²) in [7, 11) is 0. The van der Waals surface area contributed by atoms with Crippen molar-refractivity contribution in [3.8, 4) is 0 Å². The van der Waals surface area contributed by atoms with E-state index in [1.54, 1.807) is 6.07 Å². The molecule has 0 radical (unpaired) electrons. The number of benzene rings is 1. The molecule has 0 unspecified atom stereocenters. The Hall–Kier alpha value is -0.740. The van der Waals surface area contributed by atoms with Gasteiger partial charge in [-0.1, -0.05) is 22.0 Å². The zero-order valence-corrected chi connectivity index (χ0v) is 11.0. The maximum absolute atomic E-state index is 12.8. The molecular weight excluding hydrogens is 273 g/mol. The van der Waals surface area contributed by atoms with E-state index in [0.717, 1.165) is 5.56 Å². The fraction of sp³-hybridized carbons (Fsp3) is 0.417. The average Bonchev–Trinajstić information content (AvgIpc) is 2.06. The summed E-state index contributed by atoms with van der Waals surface area (Å²) in [6, 6.07) is 4.32. The summed E-state index contributed by atoms with van der Waals surface area (Å²) in [6.07, 6.45) is 0.596. The van der Waals surface area contributed by atoms with Gasteiger partial charge in [-0.25, -0.2) is 4.39 Å². The molecule has 1 rings (SSSR count). The van der Waals surface area contributed by atoms with Gasteiger partial charge in [0, 0.05) is 22.9 Å². The minimum atomic E-state index is -0.496. The minimum Gasteiger partial charge on any atom is -0.325 e. The first kappa shape index (κ1) is 13.3. The molecule has 0 saturated heterocycles. The van der Waals surface area contributed by atoms with Crippen molar-refractivity contribution >= 4 is 21.7 Å². The second-order valence-corrected chi connectivity index (χ2v) is 5.47. The van der Waals surface area contributed by atoms with Crippen molar-refractivity contribution in [1.29, 1.82) is 0 Å². The van der Waals surface area contributed by atoms with Crippen LogP contribution in [-0.4, -0.2) is 11.3 Å². The lowest BCUT2D eigenvalue weighted by Crippen LogP contribution is -2.35. The fourth-order valence-electron chi connectivity index (χ4n) is 1.45. The maximum Gasteiger partial charge on any atom is 0.139 e. The van der Waals surface area contributed by atoms with Gasteiger partial charge in [0.25, 0.3) is 0 Å². The van der Waals surface area contributed by atoms with Gasteiger partial charge < -0.3 is 5.73 Å². The molecule has 0 heterocycles. The summed E-state index contributed by atoms with van der Waals surface area (Å²) in [5.74, 6) is -0.262. The largest absolute Gasteiger partial charge is 0.325 e. The summed E-state index contributed by atoms with van der Waals surface area (Å²) < 4.78 is 13.4. The van der Waals surface area contributed by atoms with E-state index < -0.39 is 5.54 Å². The molecule has 0 aromatic heterocycles. The number of carbonyl (C=O) groups excluding carboxylic acids is 1. The van der Waals surface area contributed by atoms with Crippen LogP contribution in [0.25, 0.3) is 0 Å². The Morgan fingerprint density at radius 2 is 2.12 bits per heavy atom. The van der Waals surface area contributed by atoms with Gasteiger partial charge in [-0.3, -0.25) is 4.79 Å². The number of halogens is 2. The summed E-state index contributed by atoms with van der Waals surface area (Å²) in [5.41, 5.74) is 6.05. The fourth-order valence-corrected chi connectivity index (χ4v) is 1.94. The Morgan fingerprint density at radius 3 is 2.62 bits per heavy atom. The van der Waals surface area contributed by atoms with E-state index in [2.05, 4.69) is 15.9 Å². The standard InChI is InChI=1S/C12H15BrFNO/c1-12(2,15)7-10(16)5-8-3-4-9(14)6-11(8)13/h3-4,6H,5,7,15H2,1-2H3. The van der Waals surface area contributed by atoms with Crippen LogP contribution in [0.4, 0.5) is 4.39 Å². The van der Waals surface area contributed by atoms with Crippen molar-refractivity contribution in [3.05, 3.63) is 34.1 Å². The Labute approximate surface area is 103 Å². The van der Waals surface area contributed by atoms with Crippen molar-refractivity contribution in [2.75, 3.05) is 0 Å². The van der Waals surface area contributed by atoms with Gasteiger partial charge in [0.05, 0.1) is 0 Å². The summed E-state index contributed by atoms with van der Waals surface area (Å²) >= 11 is 3.23. The van der Waals surface area contributed by atoms with Crippen molar-refractivity contribution in [1.82, 2.24) is 0 Å². The molecule has 0 atom stereocenters. The number of hydrogen-bond acceptors (Lipinski definition) is 2.